The highest BCUT2D eigenvalue weighted by molar-refractivity contribution is 5.22. The molecular weight excluding hydrogens is 216 g/mol. The normalized spacial score (nSPS) is 10.1. The Hall–Kier alpha value is -1.04. The van der Waals surface area contributed by atoms with Gasteiger partial charge in [0.25, 0.3) is 0 Å². The van der Waals surface area contributed by atoms with E-state index in [1.54, 1.807) is 0 Å². The molecule has 0 radical (unpaired) electrons. The van der Waals surface area contributed by atoms with E-state index in [1.807, 2.05) is 13.8 Å². The fraction of sp³-hybridized carbons (Fsp3) is 0.556. The number of rotatable bonds is 11. The summed E-state index contributed by atoms with van der Waals surface area (Å²) in [6.45, 7) is 19.9. The zero-order chi connectivity index (χ0) is 14.0. The van der Waals surface area contributed by atoms with Gasteiger partial charge in [-0.1, -0.05) is 74.3 Å². The van der Waals surface area contributed by atoms with Crippen LogP contribution in [0.25, 0.3) is 0 Å². The first-order valence-corrected chi connectivity index (χ1v) is 7.12. The van der Waals surface area contributed by atoms with Crippen LogP contribution in [0.1, 0.15) is 65.2 Å². The molecule has 0 amide bonds. The maximum atomic E-state index is 4.02. The molecule has 0 aromatic rings. The van der Waals surface area contributed by atoms with Crippen LogP contribution in [0.3, 0.4) is 0 Å². The molecule has 0 spiro atoms. The van der Waals surface area contributed by atoms with Crippen molar-refractivity contribution in [2.45, 2.75) is 65.2 Å². The van der Waals surface area contributed by atoms with Gasteiger partial charge >= 0.3 is 0 Å². The van der Waals surface area contributed by atoms with Crippen molar-refractivity contribution in [1.82, 2.24) is 0 Å². The standard InChI is InChI=1S/C18H30/c1-15(2)17(5)13-11-9-7-8-10-12-14-18(6)16(3)4/h1,3,5-14H2,2,4H3. The summed E-state index contributed by atoms with van der Waals surface area (Å²) >= 11 is 0. The summed E-state index contributed by atoms with van der Waals surface area (Å²) in [5, 5.41) is 0. The van der Waals surface area contributed by atoms with Crippen molar-refractivity contribution in [3.8, 4) is 0 Å². The van der Waals surface area contributed by atoms with Gasteiger partial charge in [-0.25, -0.2) is 0 Å². The van der Waals surface area contributed by atoms with Crippen molar-refractivity contribution < 1.29 is 0 Å². The molecule has 0 aliphatic rings. The Labute approximate surface area is 114 Å². The predicted octanol–water partition coefficient (Wildman–Crippen LogP) is 6.37. The zero-order valence-electron chi connectivity index (χ0n) is 12.5. The molecule has 0 heteroatoms. The van der Waals surface area contributed by atoms with Gasteiger partial charge in [0.1, 0.15) is 0 Å². The van der Waals surface area contributed by atoms with Gasteiger partial charge in [0.15, 0.2) is 0 Å². The van der Waals surface area contributed by atoms with Crippen LogP contribution in [0.5, 0.6) is 0 Å². The van der Waals surface area contributed by atoms with Crippen LogP contribution < -0.4 is 0 Å². The van der Waals surface area contributed by atoms with Gasteiger partial charge in [0, 0.05) is 0 Å². The lowest BCUT2D eigenvalue weighted by atomic mass is 10.0. The maximum absolute atomic E-state index is 4.02. The van der Waals surface area contributed by atoms with Crippen molar-refractivity contribution >= 4 is 0 Å². The largest absolute Gasteiger partial charge is 0.0959 e. The Morgan fingerprint density at radius 3 is 1.11 bits per heavy atom. The van der Waals surface area contributed by atoms with E-state index in [2.05, 4.69) is 26.3 Å². The van der Waals surface area contributed by atoms with Crippen molar-refractivity contribution in [1.29, 1.82) is 0 Å². The Morgan fingerprint density at radius 2 is 0.833 bits per heavy atom. The van der Waals surface area contributed by atoms with E-state index in [9.17, 15) is 0 Å². The molecule has 0 unspecified atom stereocenters. The van der Waals surface area contributed by atoms with E-state index in [0.29, 0.717) is 0 Å². The lowest BCUT2D eigenvalue weighted by molar-refractivity contribution is 0.594. The summed E-state index contributed by atoms with van der Waals surface area (Å²) < 4.78 is 0. The molecule has 0 aliphatic carbocycles. The number of hydrogen-bond acceptors (Lipinski definition) is 0. The molecule has 0 atom stereocenters. The molecule has 0 bridgehead atoms. The molecule has 0 saturated carbocycles. The van der Waals surface area contributed by atoms with E-state index in [-0.39, 0.29) is 0 Å². The molecule has 0 heterocycles. The molecule has 0 aliphatic heterocycles. The molecule has 0 saturated heterocycles. The first-order chi connectivity index (χ1) is 8.45. The highest BCUT2D eigenvalue weighted by atomic mass is 14.0. The van der Waals surface area contributed by atoms with Gasteiger partial charge < -0.3 is 0 Å². The molecule has 18 heavy (non-hydrogen) atoms. The minimum atomic E-state index is 1.11. The fourth-order valence-electron chi connectivity index (χ4n) is 1.81. The summed E-state index contributed by atoms with van der Waals surface area (Å²) in [5.74, 6) is 0. The maximum Gasteiger partial charge on any atom is -0.0282 e. The summed E-state index contributed by atoms with van der Waals surface area (Å²) in [6.07, 6.45) is 10.0. The second-order valence-electron chi connectivity index (χ2n) is 5.39. The van der Waals surface area contributed by atoms with Gasteiger partial charge in [0.05, 0.1) is 0 Å². The second kappa shape index (κ2) is 9.94. The van der Waals surface area contributed by atoms with Crippen LogP contribution in [0.15, 0.2) is 48.6 Å². The highest BCUT2D eigenvalue weighted by Crippen LogP contribution is 2.17. The van der Waals surface area contributed by atoms with Crippen LogP contribution in [-0.2, 0) is 0 Å². The summed E-state index contributed by atoms with van der Waals surface area (Å²) in [4.78, 5) is 0. The summed E-state index contributed by atoms with van der Waals surface area (Å²) in [5.41, 5.74) is 4.70. The average molecular weight is 246 g/mol. The monoisotopic (exact) mass is 246 g/mol. The Morgan fingerprint density at radius 1 is 0.556 bits per heavy atom. The van der Waals surface area contributed by atoms with Gasteiger partial charge in [-0.3, -0.25) is 0 Å². The summed E-state index contributed by atoms with van der Waals surface area (Å²) in [6, 6.07) is 0. The molecule has 0 nitrogen and oxygen atoms in total. The topological polar surface area (TPSA) is 0 Å². The van der Waals surface area contributed by atoms with Gasteiger partial charge in [0.2, 0.25) is 0 Å². The van der Waals surface area contributed by atoms with Crippen molar-refractivity contribution in [3.05, 3.63) is 48.6 Å². The summed E-state index contributed by atoms with van der Waals surface area (Å²) in [7, 11) is 0. The number of allylic oxidation sites excluding steroid dienone is 4. The lowest BCUT2D eigenvalue weighted by Crippen LogP contribution is -1.86. The predicted molar refractivity (Wildman–Crippen MR) is 84.8 cm³/mol. The van der Waals surface area contributed by atoms with E-state index in [0.717, 1.165) is 24.0 Å². The van der Waals surface area contributed by atoms with Crippen LogP contribution in [0.4, 0.5) is 0 Å². The van der Waals surface area contributed by atoms with Crippen LogP contribution >= 0.6 is 0 Å². The van der Waals surface area contributed by atoms with Crippen LogP contribution in [-0.4, -0.2) is 0 Å². The van der Waals surface area contributed by atoms with Crippen molar-refractivity contribution in [2.75, 3.05) is 0 Å². The van der Waals surface area contributed by atoms with Crippen LogP contribution in [0.2, 0.25) is 0 Å². The first-order valence-electron chi connectivity index (χ1n) is 7.12. The lowest BCUT2D eigenvalue weighted by Gasteiger charge is -2.06. The molecule has 0 aromatic heterocycles. The third-order valence-electron chi connectivity index (χ3n) is 3.41. The Balaban J connectivity index is 3.32. The third-order valence-corrected chi connectivity index (χ3v) is 3.41. The van der Waals surface area contributed by atoms with Gasteiger partial charge in [-0.2, -0.15) is 0 Å². The molecule has 102 valence electrons. The van der Waals surface area contributed by atoms with Crippen LogP contribution in [0, 0.1) is 0 Å². The quantitative estimate of drug-likeness (QED) is 0.293. The Bertz CT molecular complexity index is 272. The smallest absolute Gasteiger partial charge is 0.0282 e. The molecule has 0 fully saturated rings. The second-order valence-corrected chi connectivity index (χ2v) is 5.39. The minimum Gasteiger partial charge on any atom is -0.0959 e. The zero-order valence-corrected chi connectivity index (χ0v) is 12.5. The SMILES string of the molecule is C=C(C)C(=C)CCCCCCCCC(=C)C(=C)C. The molecule has 0 aromatic carbocycles. The fourth-order valence-corrected chi connectivity index (χ4v) is 1.81. The number of hydrogen-bond donors (Lipinski definition) is 0. The molecular formula is C18H30. The van der Waals surface area contributed by atoms with Gasteiger partial charge in [-0.05, 0) is 39.5 Å². The van der Waals surface area contributed by atoms with E-state index >= 15 is 0 Å². The average Bonchev–Trinajstić information content (AvgIpc) is 2.31. The minimum absolute atomic E-state index is 1.11. The Kier molecular flexibility index (Phi) is 9.36. The number of unbranched alkanes of at least 4 members (excludes halogenated alkanes) is 5. The first kappa shape index (κ1) is 17.0. The van der Waals surface area contributed by atoms with E-state index in [4.69, 9.17) is 0 Å². The third kappa shape index (κ3) is 9.04. The molecule has 0 rings (SSSR count). The highest BCUT2D eigenvalue weighted by Gasteiger charge is 1.97. The molecule has 0 N–H and O–H groups in total. The van der Waals surface area contributed by atoms with Crippen molar-refractivity contribution in [3.63, 3.8) is 0 Å². The van der Waals surface area contributed by atoms with E-state index < -0.39 is 0 Å². The van der Waals surface area contributed by atoms with Crippen molar-refractivity contribution in [2.24, 2.45) is 0 Å². The van der Waals surface area contributed by atoms with E-state index in [1.165, 1.54) is 49.7 Å². The van der Waals surface area contributed by atoms with Gasteiger partial charge in [-0.15, -0.1) is 0 Å².